The Kier molecular flexibility index (Phi) is 5.24. The van der Waals surface area contributed by atoms with Gasteiger partial charge in [0, 0.05) is 28.8 Å². The zero-order valence-corrected chi connectivity index (χ0v) is 13.7. The van der Waals surface area contributed by atoms with Crippen LogP contribution in [0.15, 0.2) is 60.0 Å². The number of nitrogens with zero attached hydrogens (tertiary/aromatic N) is 2. The van der Waals surface area contributed by atoms with Crippen molar-refractivity contribution in [3.05, 3.63) is 70.1 Å². The van der Waals surface area contributed by atoms with Crippen molar-refractivity contribution >= 4 is 27.8 Å². The van der Waals surface area contributed by atoms with Crippen LogP contribution in [0.2, 0.25) is 0 Å². The van der Waals surface area contributed by atoms with Crippen LogP contribution in [0.5, 0.6) is 0 Å². The fraction of sp³-hybridized carbons (Fsp3) is 0. The van der Waals surface area contributed by atoms with E-state index in [4.69, 9.17) is 0 Å². The molecule has 0 atom stereocenters. The van der Waals surface area contributed by atoms with Gasteiger partial charge in [-0.25, -0.2) is 4.98 Å². The maximum Gasteiger partial charge on any atom is 0.269 e. The molecule has 0 amide bonds. The molecule has 0 bridgehead atoms. The number of nitro benzene ring substituents is 1. The second-order valence-electron chi connectivity index (χ2n) is 4.33. The largest absolute Gasteiger partial charge is 1.00 e. The fourth-order valence-corrected chi connectivity index (χ4v) is 2.60. The molecule has 0 unspecified atom stereocenters. The van der Waals surface area contributed by atoms with Gasteiger partial charge in [-0.05, 0) is 24.3 Å². The zero-order chi connectivity index (χ0) is 14.7. The molecule has 0 aliphatic carbocycles. The molecular weight excluding hydrogens is 366 g/mol. The SMILES string of the molecule is O=[N+]([O-])c1ccc(-c2csc(Nc3ccccc3)n2)cc1.[Br-]. The molecule has 7 heteroatoms. The number of halogens is 1. The summed E-state index contributed by atoms with van der Waals surface area (Å²) >= 11 is 1.49. The third kappa shape index (κ3) is 3.69. The van der Waals surface area contributed by atoms with E-state index in [9.17, 15) is 10.1 Å². The van der Waals surface area contributed by atoms with Crippen LogP contribution in [-0.2, 0) is 0 Å². The number of thiazole rings is 1. The Morgan fingerprint density at radius 1 is 1.05 bits per heavy atom. The minimum Gasteiger partial charge on any atom is -1.00 e. The summed E-state index contributed by atoms with van der Waals surface area (Å²) in [5, 5.41) is 16.6. The lowest BCUT2D eigenvalue weighted by molar-refractivity contribution is -0.384. The van der Waals surface area contributed by atoms with E-state index in [0.29, 0.717) is 0 Å². The van der Waals surface area contributed by atoms with Gasteiger partial charge in [0.25, 0.3) is 5.69 Å². The summed E-state index contributed by atoms with van der Waals surface area (Å²) in [6.07, 6.45) is 0. The first-order valence-electron chi connectivity index (χ1n) is 6.25. The van der Waals surface area contributed by atoms with Crippen LogP contribution < -0.4 is 22.3 Å². The quantitative estimate of drug-likeness (QED) is 0.552. The van der Waals surface area contributed by atoms with E-state index in [1.54, 1.807) is 12.1 Å². The monoisotopic (exact) mass is 376 g/mol. The van der Waals surface area contributed by atoms with Crippen LogP contribution in [0.3, 0.4) is 0 Å². The van der Waals surface area contributed by atoms with Gasteiger partial charge in [-0.3, -0.25) is 10.1 Å². The molecule has 3 rings (SSSR count). The van der Waals surface area contributed by atoms with Crippen LogP contribution in [-0.4, -0.2) is 9.91 Å². The molecule has 5 nitrogen and oxygen atoms in total. The molecular formula is C15H11BrN3O2S-. The topological polar surface area (TPSA) is 68.1 Å². The second kappa shape index (κ2) is 7.15. The first-order valence-corrected chi connectivity index (χ1v) is 7.13. The highest BCUT2D eigenvalue weighted by molar-refractivity contribution is 7.14. The fourth-order valence-electron chi connectivity index (χ4n) is 1.86. The van der Waals surface area contributed by atoms with Crippen molar-refractivity contribution < 1.29 is 21.9 Å². The minimum absolute atomic E-state index is 0. The van der Waals surface area contributed by atoms with Gasteiger partial charge >= 0.3 is 0 Å². The standard InChI is InChI=1S/C15H11N3O2S.BrH/c19-18(20)13-8-6-11(7-9-13)14-10-21-15(17-14)16-12-4-2-1-3-5-12;/h1-10H,(H,16,17);1H/p-1. The molecule has 0 fully saturated rings. The summed E-state index contributed by atoms with van der Waals surface area (Å²) in [7, 11) is 0. The average Bonchev–Trinajstić information content (AvgIpc) is 2.97. The number of rotatable bonds is 4. The highest BCUT2D eigenvalue weighted by Gasteiger charge is 2.08. The van der Waals surface area contributed by atoms with Gasteiger partial charge in [-0.1, -0.05) is 18.2 Å². The van der Waals surface area contributed by atoms with Gasteiger partial charge in [0.15, 0.2) is 5.13 Å². The van der Waals surface area contributed by atoms with Crippen molar-refractivity contribution in [1.29, 1.82) is 0 Å². The van der Waals surface area contributed by atoms with Gasteiger partial charge in [-0.15, -0.1) is 11.3 Å². The van der Waals surface area contributed by atoms with Gasteiger partial charge < -0.3 is 22.3 Å². The third-order valence-electron chi connectivity index (χ3n) is 2.90. The van der Waals surface area contributed by atoms with Crippen molar-refractivity contribution in [1.82, 2.24) is 4.98 Å². The minimum atomic E-state index is -0.410. The highest BCUT2D eigenvalue weighted by Crippen LogP contribution is 2.28. The first kappa shape index (κ1) is 16.1. The Morgan fingerprint density at radius 2 is 1.73 bits per heavy atom. The van der Waals surface area contributed by atoms with E-state index in [-0.39, 0.29) is 22.7 Å². The van der Waals surface area contributed by atoms with Crippen molar-refractivity contribution in [2.75, 3.05) is 5.32 Å². The summed E-state index contributed by atoms with van der Waals surface area (Å²) in [5.41, 5.74) is 2.71. The summed E-state index contributed by atoms with van der Waals surface area (Å²) < 4.78 is 0. The number of nitro groups is 1. The molecule has 0 aliphatic rings. The molecule has 3 aromatic rings. The van der Waals surface area contributed by atoms with Crippen LogP contribution >= 0.6 is 11.3 Å². The van der Waals surface area contributed by atoms with Crippen molar-refractivity contribution in [3.63, 3.8) is 0 Å². The van der Waals surface area contributed by atoms with E-state index >= 15 is 0 Å². The smallest absolute Gasteiger partial charge is 0.269 e. The van der Waals surface area contributed by atoms with E-state index in [1.165, 1.54) is 23.5 Å². The Hall–Kier alpha value is -2.25. The van der Waals surface area contributed by atoms with Crippen molar-refractivity contribution in [2.45, 2.75) is 0 Å². The number of anilines is 2. The molecule has 1 aromatic heterocycles. The lowest BCUT2D eigenvalue weighted by atomic mass is 10.1. The molecule has 2 aromatic carbocycles. The van der Waals surface area contributed by atoms with Crippen molar-refractivity contribution in [3.8, 4) is 11.3 Å². The van der Waals surface area contributed by atoms with Crippen LogP contribution in [0.1, 0.15) is 0 Å². The number of para-hydroxylation sites is 1. The lowest BCUT2D eigenvalue weighted by Crippen LogP contribution is -3.00. The molecule has 0 radical (unpaired) electrons. The Labute approximate surface area is 141 Å². The molecule has 22 heavy (non-hydrogen) atoms. The molecule has 1 N–H and O–H groups in total. The van der Waals surface area contributed by atoms with E-state index in [0.717, 1.165) is 22.1 Å². The van der Waals surface area contributed by atoms with E-state index in [1.807, 2.05) is 35.7 Å². The highest BCUT2D eigenvalue weighted by atomic mass is 79.9. The lowest BCUT2D eigenvalue weighted by Gasteiger charge is -2.01. The number of hydrogen-bond acceptors (Lipinski definition) is 5. The predicted octanol–water partition coefficient (Wildman–Crippen LogP) is 1.47. The molecule has 0 spiro atoms. The summed E-state index contributed by atoms with van der Waals surface area (Å²) in [6.45, 7) is 0. The Bertz CT molecular complexity index is 760. The maximum atomic E-state index is 10.6. The molecule has 0 aliphatic heterocycles. The molecule has 0 saturated heterocycles. The van der Waals surface area contributed by atoms with Gasteiger partial charge in [-0.2, -0.15) is 0 Å². The maximum absolute atomic E-state index is 10.6. The normalized spacial score (nSPS) is 9.82. The van der Waals surface area contributed by atoms with Crippen LogP contribution in [0, 0.1) is 10.1 Å². The molecule has 0 saturated carbocycles. The zero-order valence-electron chi connectivity index (χ0n) is 11.3. The van der Waals surface area contributed by atoms with Gasteiger partial charge in [0.2, 0.25) is 0 Å². The third-order valence-corrected chi connectivity index (χ3v) is 3.66. The first-order chi connectivity index (χ1) is 10.2. The number of aromatic nitrogens is 1. The van der Waals surface area contributed by atoms with Crippen LogP contribution in [0.4, 0.5) is 16.5 Å². The predicted molar refractivity (Wildman–Crippen MR) is 83.9 cm³/mol. The van der Waals surface area contributed by atoms with Gasteiger partial charge in [0.05, 0.1) is 10.6 Å². The average molecular weight is 377 g/mol. The Balaban J connectivity index is 0.00000176. The number of nitrogens with one attached hydrogen (secondary N) is 1. The summed E-state index contributed by atoms with van der Waals surface area (Å²) in [5.74, 6) is 0. The molecule has 1 heterocycles. The number of benzene rings is 2. The van der Waals surface area contributed by atoms with E-state index < -0.39 is 4.92 Å². The number of non-ortho nitro benzene ring substituents is 1. The van der Waals surface area contributed by atoms with Crippen molar-refractivity contribution in [2.24, 2.45) is 0 Å². The van der Waals surface area contributed by atoms with Crippen LogP contribution in [0.25, 0.3) is 11.3 Å². The summed E-state index contributed by atoms with van der Waals surface area (Å²) in [4.78, 5) is 14.7. The Morgan fingerprint density at radius 3 is 2.36 bits per heavy atom. The second-order valence-corrected chi connectivity index (χ2v) is 5.19. The van der Waals surface area contributed by atoms with Gasteiger partial charge in [0.1, 0.15) is 0 Å². The molecule has 112 valence electrons. The summed E-state index contributed by atoms with van der Waals surface area (Å²) in [6, 6.07) is 16.2. The van der Waals surface area contributed by atoms with E-state index in [2.05, 4.69) is 10.3 Å². The number of hydrogen-bond donors (Lipinski definition) is 1.